The minimum atomic E-state index is -3.88. The number of nitro benzene ring substituents is 1. The van der Waals surface area contributed by atoms with E-state index in [1.807, 2.05) is 19.9 Å². The van der Waals surface area contributed by atoms with E-state index in [1.54, 1.807) is 6.92 Å². The van der Waals surface area contributed by atoms with Crippen LogP contribution in [-0.2, 0) is 10.0 Å². The van der Waals surface area contributed by atoms with Gasteiger partial charge in [-0.15, -0.1) is 0 Å². The molecule has 0 saturated carbocycles. The Hall–Kier alpha value is -2.59. The van der Waals surface area contributed by atoms with Crippen LogP contribution in [0.4, 0.5) is 5.69 Å². The molecule has 3 rings (SSSR count). The van der Waals surface area contributed by atoms with Crippen LogP contribution in [0.2, 0.25) is 0 Å². The Morgan fingerprint density at radius 1 is 1.18 bits per heavy atom. The Morgan fingerprint density at radius 3 is 2.50 bits per heavy atom. The summed E-state index contributed by atoms with van der Waals surface area (Å²) < 4.78 is 33.4. The molecule has 1 aromatic carbocycles. The highest BCUT2D eigenvalue weighted by atomic mass is 32.2. The van der Waals surface area contributed by atoms with Crippen molar-refractivity contribution in [3.63, 3.8) is 0 Å². The maximum atomic E-state index is 13.1. The summed E-state index contributed by atoms with van der Waals surface area (Å²) in [6.07, 6.45) is 0.905. The number of sulfonamides is 1. The molecule has 0 amide bonds. The zero-order chi connectivity index (χ0) is 20.5. The smallest absolute Gasteiger partial charge is 0.317 e. The number of nitrogens with zero attached hydrogens (tertiary/aromatic N) is 4. The topological polar surface area (TPSA) is 116 Å². The van der Waals surface area contributed by atoms with Gasteiger partial charge in [-0.05, 0) is 45.2 Å². The van der Waals surface area contributed by atoms with E-state index in [-0.39, 0.29) is 29.2 Å². The minimum Gasteiger partial charge on any atom is -0.459 e. The lowest BCUT2D eigenvalue weighted by molar-refractivity contribution is -0.385. The van der Waals surface area contributed by atoms with Gasteiger partial charge in [-0.25, -0.2) is 18.4 Å². The zero-order valence-corrected chi connectivity index (χ0v) is 16.8. The molecule has 0 N–H and O–H groups in total. The summed E-state index contributed by atoms with van der Waals surface area (Å²) in [7, 11) is -3.88. The lowest BCUT2D eigenvalue weighted by atomic mass is 10.1. The Bertz CT molecular complexity index is 989. The van der Waals surface area contributed by atoms with Gasteiger partial charge in [-0.1, -0.05) is 6.07 Å². The molecule has 1 fully saturated rings. The fraction of sp³-hybridized carbons (Fsp3) is 0.444. The number of nitro groups is 1. The van der Waals surface area contributed by atoms with E-state index in [9.17, 15) is 18.5 Å². The molecule has 1 unspecified atom stereocenters. The number of aromatic nitrogens is 2. The highest BCUT2D eigenvalue weighted by Gasteiger charge is 2.33. The molecule has 10 heteroatoms. The van der Waals surface area contributed by atoms with Gasteiger partial charge in [0.2, 0.25) is 10.0 Å². The highest BCUT2D eigenvalue weighted by Crippen LogP contribution is 2.27. The quantitative estimate of drug-likeness (QED) is 0.553. The van der Waals surface area contributed by atoms with Crippen molar-refractivity contribution >= 4 is 15.7 Å². The standard InChI is InChI=1S/C18H22N4O5S/c1-12-6-7-15(22(23)24)10-17(12)28(25,26)21-8-4-5-16(11-21)27-18-19-13(2)9-14(3)20-18/h6-7,9-10,16H,4-5,8,11H2,1-3H3. The third kappa shape index (κ3) is 4.28. The van der Waals surface area contributed by atoms with Crippen molar-refractivity contribution in [2.24, 2.45) is 0 Å². The second-order valence-electron chi connectivity index (χ2n) is 6.89. The third-order valence-electron chi connectivity index (χ3n) is 4.58. The summed E-state index contributed by atoms with van der Waals surface area (Å²) >= 11 is 0. The lowest BCUT2D eigenvalue weighted by Crippen LogP contribution is -2.44. The van der Waals surface area contributed by atoms with Crippen molar-refractivity contribution in [1.82, 2.24) is 14.3 Å². The Morgan fingerprint density at radius 2 is 1.86 bits per heavy atom. The summed E-state index contributed by atoms with van der Waals surface area (Å²) in [6.45, 7) is 5.77. The summed E-state index contributed by atoms with van der Waals surface area (Å²) in [4.78, 5) is 18.9. The molecule has 1 aliphatic heterocycles. The molecule has 0 bridgehead atoms. The molecule has 1 aromatic heterocycles. The second kappa shape index (κ2) is 7.80. The Kier molecular flexibility index (Phi) is 5.61. The van der Waals surface area contributed by atoms with Crippen LogP contribution in [0.25, 0.3) is 0 Å². The molecule has 9 nitrogen and oxygen atoms in total. The van der Waals surface area contributed by atoms with E-state index in [0.717, 1.165) is 17.5 Å². The highest BCUT2D eigenvalue weighted by molar-refractivity contribution is 7.89. The number of ether oxygens (including phenoxy) is 1. The fourth-order valence-electron chi connectivity index (χ4n) is 3.23. The first-order chi connectivity index (χ1) is 13.2. The van der Waals surface area contributed by atoms with Crippen LogP contribution in [0.15, 0.2) is 29.2 Å². The van der Waals surface area contributed by atoms with E-state index in [0.29, 0.717) is 24.9 Å². The van der Waals surface area contributed by atoms with E-state index in [4.69, 9.17) is 4.74 Å². The van der Waals surface area contributed by atoms with E-state index in [1.165, 1.54) is 16.4 Å². The minimum absolute atomic E-state index is 0.0509. The molecule has 1 saturated heterocycles. The zero-order valence-electron chi connectivity index (χ0n) is 16.0. The van der Waals surface area contributed by atoms with Crippen LogP contribution in [0.5, 0.6) is 6.01 Å². The van der Waals surface area contributed by atoms with Crippen molar-refractivity contribution in [2.75, 3.05) is 13.1 Å². The monoisotopic (exact) mass is 406 g/mol. The summed E-state index contributed by atoms with van der Waals surface area (Å²) in [5.74, 6) is 0. The van der Waals surface area contributed by atoms with Crippen molar-refractivity contribution in [1.29, 1.82) is 0 Å². The van der Waals surface area contributed by atoms with Crippen molar-refractivity contribution in [3.8, 4) is 6.01 Å². The first-order valence-electron chi connectivity index (χ1n) is 8.91. The summed E-state index contributed by atoms with van der Waals surface area (Å²) in [5.41, 5.74) is 1.76. The van der Waals surface area contributed by atoms with Gasteiger partial charge in [0.1, 0.15) is 6.10 Å². The van der Waals surface area contributed by atoms with Gasteiger partial charge in [0.05, 0.1) is 16.4 Å². The van der Waals surface area contributed by atoms with Crippen molar-refractivity contribution in [2.45, 2.75) is 44.6 Å². The first-order valence-corrected chi connectivity index (χ1v) is 10.3. The van der Waals surface area contributed by atoms with Crippen LogP contribution in [-0.4, -0.2) is 46.8 Å². The molecule has 28 heavy (non-hydrogen) atoms. The van der Waals surface area contributed by atoms with E-state index >= 15 is 0 Å². The van der Waals surface area contributed by atoms with Crippen molar-refractivity contribution < 1.29 is 18.1 Å². The van der Waals surface area contributed by atoms with E-state index in [2.05, 4.69) is 9.97 Å². The molecular formula is C18H22N4O5S. The SMILES string of the molecule is Cc1cc(C)nc(OC2CCCN(S(=O)(=O)c3cc([N+](=O)[O-])ccc3C)C2)n1. The number of piperidine rings is 1. The van der Waals surface area contributed by atoms with Gasteiger partial charge < -0.3 is 4.74 Å². The predicted molar refractivity (Wildman–Crippen MR) is 102 cm³/mol. The van der Waals surface area contributed by atoms with Crippen LogP contribution >= 0.6 is 0 Å². The summed E-state index contributed by atoms with van der Waals surface area (Å²) in [5, 5.41) is 11.0. The molecule has 1 aliphatic rings. The summed E-state index contributed by atoms with van der Waals surface area (Å²) in [6, 6.07) is 5.92. The number of hydrogen-bond donors (Lipinski definition) is 0. The normalized spacial score (nSPS) is 18.0. The Labute approximate surface area is 163 Å². The van der Waals surface area contributed by atoms with Gasteiger partial charge >= 0.3 is 6.01 Å². The van der Waals surface area contributed by atoms with Crippen LogP contribution < -0.4 is 4.74 Å². The Balaban J connectivity index is 1.83. The van der Waals surface area contributed by atoms with Crippen LogP contribution in [0.3, 0.4) is 0 Å². The first kappa shape index (κ1) is 20.2. The number of aryl methyl sites for hydroxylation is 3. The van der Waals surface area contributed by atoms with Gasteiger partial charge in [-0.2, -0.15) is 4.31 Å². The second-order valence-corrected chi connectivity index (χ2v) is 8.79. The molecule has 2 heterocycles. The van der Waals surface area contributed by atoms with Crippen LogP contribution in [0, 0.1) is 30.9 Å². The fourth-order valence-corrected chi connectivity index (χ4v) is 4.99. The number of non-ortho nitro benzene ring substituents is 1. The number of hydrogen-bond acceptors (Lipinski definition) is 7. The van der Waals surface area contributed by atoms with Gasteiger partial charge in [0.15, 0.2) is 0 Å². The number of benzene rings is 1. The molecular weight excluding hydrogens is 384 g/mol. The maximum absolute atomic E-state index is 13.1. The average molecular weight is 406 g/mol. The third-order valence-corrected chi connectivity index (χ3v) is 6.58. The molecule has 0 radical (unpaired) electrons. The number of rotatable bonds is 5. The van der Waals surface area contributed by atoms with Gasteiger partial charge in [-0.3, -0.25) is 10.1 Å². The average Bonchev–Trinajstić information content (AvgIpc) is 2.61. The molecule has 1 atom stereocenters. The van der Waals surface area contributed by atoms with Gasteiger partial charge in [0.25, 0.3) is 5.69 Å². The lowest BCUT2D eigenvalue weighted by Gasteiger charge is -2.31. The van der Waals surface area contributed by atoms with Gasteiger partial charge in [0, 0.05) is 30.1 Å². The molecule has 150 valence electrons. The van der Waals surface area contributed by atoms with Crippen LogP contribution in [0.1, 0.15) is 29.8 Å². The maximum Gasteiger partial charge on any atom is 0.317 e. The largest absolute Gasteiger partial charge is 0.459 e. The van der Waals surface area contributed by atoms with E-state index < -0.39 is 14.9 Å². The van der Waals surface area contributed by atoms with Crippen molar-refractivity contribution in [3.05, 3.63) is 51.3 Å². The molecule has 0 spiro atoms. The molecule has 0 aliphatic carbocycles. The molecule has 2 aromatic rings. The predicted octanol–water partition coefficient (Wildman–Crippen LogP) is 2.54.